The van der Waals surface area contributed by atoms with E-state index in [2.05, 4.69) is 5.32 Å². The van der Waals surface area contributed by atoms with Gasteiger partial charge in [0.05, 0.1) is 20.6 Å². The molecule has 2 rings (SSSR count). The van der Waals surface area contributed by atoms with Gasteiger partial charge in [-0.2, -0.15) is 0 Å². The van der Waals surface area contributed by atoms with Crippen molar-refractivity contribution in [3.63, 3.8) is 0 Å². The Labute approximate surface area is 148 Å². The number of carboxylic acid groups (broad SMARTS) is 1. The van der Waals surface area contributed by atoms with Gasteiger partial charge >= 0.3 is 5.97 Å². The molecule has 0 bridgehead atoms. The van der Waals surface area contributed by atoms with Crippen molar-refractivity contribution in [3.8, 4) is 11.5 Å². The summed E-state index contributed by atoms with van der Waals surface area (Å²) in [5, 5.41) is 11.5. The summed E-state index contributed by atoms with van der Waals surface area (Å²) in [7, 11) is 2.84. The molecule has 6 nitrogen and oxygen atoms in total. The number of carbonyl (C=O) groups excluding carboxylic acids is 1. The van der Waals surface area contributed by atoms with Gasteiger partial charge in [0.1, 0.15) is 23.1 Å². The quantitative estimate of drug-likeness (QED) is 0.787. The fourth-order valence-corrected chi connectivity index (χ4v) is 2.48. The molecule has 0 aromatic heterocycles. The van der Waals surface area contributed by atoms with Crippen LogP contribution in [0.3, 0.4) is 0 Å². The monoisotopic (exact) mass is 365 g/mol. The van der Waals surface area contributed by atoms with E-state index in [-0.39, 0.29) is 12.0 Å². The predicted octanol–water partition coefficient (Wildman–Crippen LogP) is 2.47. The molecule has 1 unspecified atom stereocenters. The third-order valence-corrected chi connectivity index (χ3v) is 3.69. The first-order chi connectivity index (χ1) is 12.4. The molecule has 0 heterocycles. The largest absolute Gasteiger partial charge is 0.496 e. The summed E-state index contributed by atoms with van der Waals surface area (Å²) < 4.78 is 37.3. The molecule has 0 fully saturated rings. The molecular formula is C18H17F2NO5. The Morgan fingerprint density at radius 1 is 1.12 bits per heavy atom. The molecule has 26 heavy (non-hydrogen) atoms. The predicted molar refractivity (Wildman–Crippen MR) is 88.1 cm³/mol. The number of carbonyl (C=O) groups is 2. The van der Waals surface area contributed by atoms with Crippen molar-refractivity contribution in [1.82, 2.24) is 5.32 Å². The topological polar surface area (TPSA) is 84.9 Å². The molecule has 0 saturated heterocycles. The van der Waals surface area contributed by atoms with Gasteiger partial charge in [-0.15, -0.1) is 0 Å². The Kier molecular flexibility index (Phi) is 6.11. The molecule has 1 amide bonds. The minimum atomic E-state index is -1.66. The fraction of sp³-hybridized carbons (Fsp3) is 0.222. The molecule has 0 radical (unpaired) electrons. The first-order valence-electron chi connectivity index (χ1n) is 7.54. The second-order valence-electron chi connectivity index (χ2n) is 5.32. The van der Waals surface area contributed by atoms with Crippen molar-refractivity contribution >= 4 is 11.9 Å². The third kappa shape index (κ3) is 4.27. The van der Waals surface area contributed by atoms with Crippen molar-refractivity contribution in [1.29, 1.82) is 0 Å². The Balaban J connectivity index is 2.26. The van der Waals surface area contributed by atoms with Gasteiger partial charge < -0.3 is 19.9 Å². The number of aliphatic carboxylic acids is 1. The summed E-state index contributed by atoms with van der Waals surface area (Å²) in [6, 6.07) is 5.72. The number of benzene rings is 2. The molecule has 2 aromatic carbocycles. The van der Waals surface area contributed by atoms with Crippen molar-refractivity contribution in [2.24, 2.45) is 0 Å². The van der Waals surface area contributed by atoms with Crippen LogP contribution in [0.1, 0.15) is 17.2 Å². The SMILES string of the molecule is COc1cccc(OC)c1CC(=O)NC(C(=O)O)c1ccc(F)cc1F. The third-order valence-electron chi connectivity index (χ3n) is 3.69. The van der Waals surface area contributed by atoms with Crippen LogP contribution >= 0.6 is 0 Å². The zero-order chi connectivity index (χ0) is 19.3. The number of nitrogens with one attached hydrogen (secondary N) is 1. The van der Waals surface area contributed by atoms with E-state index < -0.39 is 29.6 Å². The molecule has 0 saturated carbocycles. The molecule has 0 aliphatic heterocycles. The van der Waals surface area contributed by atoms with Crippen LogP contribution in [-0.4, -0.2) is 31.2 Å². The van der Waals surface area contributed by atoms with Crippen molar-refractivity contribution in [2.75, 3.05) is 14.2 Å². The fourth-order valence-electron chi connectivity index (χ4n) is 2.48. The van der Waals surface area contributed by atoms with E-state index >= 15 is 0 Å². The minimum Gasteiger partial charge on any atom is -0.496 e. The first-order valence-corrected chi connectivity index (χ1v) is 7.54. The zero-order valence-electron chi connectivity index (χ0n) is 14.1. The highest BCUT2D eigenvalue weighted by Crippen LogP contribution is 2.29. The van der Waals surface area contributed by atoms with E-state index in [0.29, 0.717) is 23.1 Å². The van der Waals surface area contributed by atoms with Crippen LogP contribution in [0.15, 0.2) is 36.4 Å². The maximum absolute atomic E-state index is 13.9. The lowest BCUT2D eigenvalue weighted by Gasteiger charge is -2.17. The molecule has 138 valence electrons. The number of hydrogen-bond acceptors (Lipinski definition) is 4. The van der Waals surface area contributed by atoms with E-state index in [4.69, 9.17) is 9.47 Å². The summed E-state index contributed by atoms with van der Waals surface area (Å²) in [5.74, 6) is -3.30. The number of methoxy groups -OCH3 is 2. The van der Waals surface area contributed by atoms with Gasteiger partial charge in [-0.05, 0) is 18.2 Å². The number of rotatable bonds is 7. The standard InChI is InChI=1S/C18H17F2NO5/c1-25-14-4-3-5-15(26-2)12(14)9-16(22)21-17(18(23)24)11-7-6-10(19)8-13(11)20/h3-8,17H,9H2,1-2H3,(H,21,22)(H,23,24). The highest BCUT2D eigenvalue weighted by Gasteiger charge is 2.26. The van der Waals surface area contributed by atoms with E-state index in [1.54, 1.807) is 18.2 Å². The highest BCUT2D eigenvalue weighted by molar-refractivity contribution is 5.86. The van der Waals surface area contributed by atoms with Crippen molar-refractivity contribution in [2.45, 2.75) is 12.5 Å². The molecule has 0 spiro atoms. The van der Waals surface area contributed by atoms with Crippen molar-refractivity contribution in [3.05, 3.63) is 59.2 Å². The lowest BCUT2D eigenvalue weighted by atomic mass is 10.0. The minimum absolute atomic E-state index is 0.250. The van der Waals surface area contributed by atoms with Crippen LogP contribution in [0.25, 0.3) is 0 Å². The van der Waals surface area contributed by atoms with Crippen LogP contribution in [0.5, 0.6) is 11.5 Å². The summed E-state index contributed by atoms with van der Waals surface area (Å²) in [5.41, 5.74) is 0.0676. The Morgan fingerprint density at radius 3 is 2.23 bits per heavy atom. The maximum Gasteiger partial charge on any atom is 0.331 e. The van der Waals surface area contributed by atoms with E-state index in [1.165, 1.54) is 14.2 Å². The smallest absolute Gasteiger partial charge is 0.331 e. The van der Waals surface area contributed by atoms with Crippen LogP contribution in [-0.2, 0) is 16.0 Å². The van der Waals surface area contributed by atoms with Gasteiger partial charge in [0, 0.05) is 17.2 Å². The number of amides is 1. The summed E-state index contributed by atoms with van der Waals surface area (Å²) in [6.07, 6.45) is -0.250. The van der Waals surface area contributed by atoms with Crippen molar-refractivity contribution < 1.29 is 33.0 Å². The number of hydrogen-bond donors (Lipinski definition) is 2. The second kappa shape index (κ2) is 8.28. The second-order valence-corrected chi connectivity index (χ2v) is 5.32. The average molecular weight is 365 g/mol. The van der Waals surface area contributed by atoms with Crippen LogP contribution in [0.2, 0.25) is 0 Å². The van der Waals surface area contributed by atoms with Crippen LogP contribution < -0.4 is 14.8 Å². The molecule has 1 atom stereocenters. The Bertz CT molecular complexity index is 803. The lowest BCUT2D eigenvalue weighted by molar-refractivity contribution is -0.142. The van der Waals surface area contributed by atoms with Gasteiger partial charge in [0.15, 0.2) is 6.04 Å². The molecule has 0 aliphatic carbocycles. The molecule has 8 heteroatoms. The van der Waals surface area contributed by atoms with E-state index in [0.717, 1.165) is 12.1 Å². The number of carboxylic acids is 1. The summed E-state index contributed by atoms with van der Waals surface area (Å²) >= 11 is 0. The van der Waals surface area contributed by atoms with Crippen LogP contribution in [0.4, 0.5) is 8.78 Å². The molecule has 0 aliphatic rings. The molecular weight excluding hydrogens is 348 g/mol. The van der Waals surface area contributed by atoms with Gasteiger partial charge in [-0.1, -0.05) is 12.1 Å². The number of halogens is 2. The molecule has 2 aromatic rings. The van der Waals surface area contributed by atoms with Gasteiger partial charge in [-0.3, -0.25) is 4.79 Å². The lowest BCUT2D eigenvalue weighted by Crippen LogP contribution is -2.35. The average Bonchev–Trinajstić information content (AvgIpc) is 2.60. The normalized spacial score (nSPS) is 11.5. The van der Waals surface area contributed by atoms with Gasteiger partial charge in [0.25, 0.3) is 0 Å². The Morgan fingerprint density at radius 2 is 1.73 bits per heavy atom. The Hall–Kier alpha value is -3.16. The van der Waals surface area contributed by atoms with E-state index in [9.17, 15) is 23.5 Å². The van der Waals surface area contributed by atoms with E-state index in [1.807, 2.05) is 0 Å². The summed E-state index contributed by atoms with van der Waals surface area (Å²) in [6.45, 7) is 0. The summed E-state index contributed by atoms with van der Waals surface area (Å²) in [4.78, 5) is 23.8. The highest BCUT2D eigenvalue weighted by atomic mass is 19.1. The molecule has 2 N–H and O–H groups in total. The first kappa shape index (κ1) is 19.2. The van der Waals surface area contributed by atoms with Crippen LogP contribution in [0, 0.1) is 11.6 Å². The maximum atomic E-state index is 13.9. The zero-order valence-corrected chi connectivity index (χ0v) is 14.1. The number of ether oxygens (including phenoxy) is 2. The van der Waals surface area contributed by atoms with Gasteiger partial charge in [0.2, 0.25) is 5.91 Å². The van der Waals surface area contributed by atoms with Gasteiger partial charge in [-0.25, -0.2) is 13.6 Å².